The first-order chi connectivity index (χ1) is 10.5. The minimum atomic E-state index is -0.476. The van der Waals surface area contributed by atoms with Crippen molar-refractivity contribution in [2.75, 3.05) is 13.1 Å². The van der Waals surface area contributed by atoms with Gasteiger partial charge in [0.1, 0.15) is 5.60 Å². The summed E-state index contributed by atoms with van der Waals surface area (Å²) in [4.78, 5) is 14.2. The Balaban J connectivity index is 2.52. The molecule has 0 fully saturated rings. The van der Waals surface area contributed by atoms with Crippen LogP contribution in [0.4, 0.5) is 4.79 Å². The van der Waals surface area contributed by atoms with Crippen LogP contribution in [0.25, 0.3) is 0 Å². The average Bonchev–Trinajstić information content (AvgIpc) is 2.37. The molecule has 0 heterocycles. The highest BCUT2D eigenvalue weighted by atomic mass is 16.6. The van der Waals surface area contributed by atoms with Gasteiger partial charge in [0.05, 0.1) is 0 Å². The summed E-state index contributed by atoms with van der Waals surface area (Å²) in [7, 11) is 0. The lowest BCUT2D eigenvalue weighted by molar-refractivity contribution is 0.00663. The quantitative estimate of drug-likeness (QED) is 0.830. The summed E-state index contributed by atoms with van der Waals surface area (Å²) in [6.07, 6.45) is -0.262. The molecular weight excluding hydrogens is 288 g/mol. The third-order valence-electron chi connectivity index (χ3n) is 3.39. The molecule has 1 aromatic carbocycles. The molecule has 0 aliphatic carbocycles. The fraction of sp³-hybridized carbons (Fsp3) is 0.632. The SMILES string of the molecule is Cc1ccc(CNCCN(C(=O)OC(C)(C)C)C(C)(C)C)cc1. The van der Waals surface area contributed by atoms with Gasteiger partial charge in [0.2, 0.25) is 0 Å². The summed E-state index contributed by atoms with van der Waals surface area (Å²) in [6, 6.07) is 8.47. The maximum atomic E-state index is 12.4. The highest BCUT2D eigenvalue weighted by Gasteiger charge is 2.30. The predicted molar refractivity (Wildman–Crippen MR) is 95.6 cm³/mol. The zero-order valence-electron chi connectivity index (χ0n) is 15.7. The van der Waals surface area contributed by atoms with Crippen LogP contribution in [0.3, 0.4) is 0 Å². The Hall–Kier alpha value is -1.55. The van der Waals surface area contributed by atoms with Crippen LogP contribution in [-0.2, 0) is 11.3 Å². The molecule has 0 aliphatic rings. The maximum Gasteiger partial charge on any atom is 0.410 e. The van der Waals surface area contributed by atoms with Gasteiger partial charge in [-0.25, -0.2) is 4.79 Å². The van der Waals surface area contributed by atoms with E-state index >= 15 is 0 Å². The average molecular weight is 320 g/mol. The van der Waals surface area contributed by atoms with Crippen LogP contribution < -0.4 is 5.32 Å². The minimum absolute atomic E-state index is 0.262. The number of hydrogen-bond donors (Lipinski definition) is 1. The molecule has 0 unspecified atom stereocenters. The Morgan fingerprint density at radius 2 is 1.65 bits per heavy atom. The van der Waals surface area contributed by atoms with Gasteiger partial charge in [-0.3, -0.25) is 0 Å². The van der Waals surface area contributed by atoms with E-state index in [1.165, 1.54) is 11.1 Å². The van der Waals surface area contributed by atoms with Crippen LogP contribution in [0, 0.1) is 6.92 Å². The third kappa shape index (κ3) is 7.51. The van der Waals surface area contributed by atoms with Crippen LogP contribution in [-0.4, -0.2) is 35.2 Å². The van der Waals surface area contributed by atoms with Crippen LogP contribution in [0.15, 0.2) is 24.3 Å². The fourth-order valence-corrected chi connectivity index (χ4v) is 2.15. The van der Waals surface area contributed by atoms with Gasteiger partial charge in [-0.1, -0.05) is 29.8 Å². The van der Waals surface area contributed by atoms with Gasteiger partial charge in [-0.2, -0.15) is 0 Å². The predicted octanol–water partition coefficient (Wildman–Crippen LogP) is 4.12. The standard InChI is InChI=1S/C19H32N2O2/c1-15-8-10-16(11-9-15)14-20-12-13-21(18(2,3)4)17(22)23-19(5,6)7/h8-11,20H,12-14H2,1-7H3. The Bertz CT molecular complexity index is 496. The molecular formula is C19H32N2O2. The number of carbonyl (C=O) groups excluding carboxylic acids is 1. The lowest BCUT2D eigenvalue weighted by Crippen LogP contribution is -2.50. The van der Waals surface area contributed by atoms with Crippen molar-refractivity contribution in [3.8, 4) is 0 Å². The second-order valence-electron chi connectivity index (χ2n) is 7.97. The number of rotatable bonds is 5. The molecule has 0 saturated heterocycles. The van der Waals surface area contributed by atoms with Crippen LogP contribution in [0.1, 0.15) is 52.7 Å². The summed E-state index contributed by atoms with van der Waals surface area (Å²) in [5.41, 5.74) is 1.76. The van der Waals surface area contributed by atoms with E-state index < -0.39 is 5.60 Å². The topological polar surface area (TPSA) is 41.6 Å². The summed E-state index contributed by atoms with van der Waals surface area (Å²) in [5.74, 6) is 0. The Morgan fingerprint density at radius 1 is 1.09 bits per heavy atom. The molecule has 1 aromatic rings. The van der Waals surface area contributed by atoms with Crippen molar-refractivity contribution < 1.29 is 9.53 Å². The molecule has 130 valence electrons. The van der Waals surface area contributed by atoms with E-state index in [0.717, 1.165) is 13.1 Å². The fourth-order valence-electron chi connectivity index (χ4n) is 2.15. The lowest BCUT2D eigenvalue weighted by atomic mass is 10.1. The number of ether oxygens (including phenoxy) is 1. The number of hydrogen-bond acceptors (Lipinski definition) is 3. The second kappa shape index (κ2) is 7.82. The normalized spacial score (nSPS) is 12.1. The zero-order chi connectivity index (χ0) is 17.7. The first-order valence-corrected chi connectivity index (χ1v) is 8.26. The zero-order valence-corrected chi connectivity index (χ0v) is 15.7. The number of amides is 1. The molecule has 1 rings (SSSR count). The van der Waals surface area contributed by atoms with Crippen LogP contribution in [0.5, 0.6) is 0 Å². The number of aryl methyl sites for hydroxylation is 1. The van der Waals surface area contributed by atoms with E-state index in [-0.39, 0.29) is 11.6 Å². The van der Waals surface area contributed by atoms with Gasteiger partial charge in [-0.15, -0.1) is 0 Å². The molecule has 4 nitrogen and oxygen atoms in total. The molecule has 0 saturated carbocycles. The maximum absolute atomic E-state index is 12.4. The van der Waals surface area contributed by atoms with Crippen molar-refractivity contribution in [3.05, 3.63) is 35.4 Å². The molecule has 0 spiro atoms. The van der Waals surface area contributed by atoms with Gasteiger partial charge in [0.15, 0.2) is 0 Å². The van der Waals surface area contributed by atoms with E-state index in [4.69, 9.17) is 4.74 Å². The second-order valence-corrected chi connectivity index (χ2v) is 7.97. The van der Waals surface area contributed by atoms with Crippen molar-refractivity contribution in [1.29, 1.82) is 0 Å². The smallest absolute Gasteiger partial charge is 0.410 e. The van der Waals surface area contributed by atoms with E-state index in [1.54, 1.807) is 4.90 Å². The molecule has 0 atom stereocenters. The largest absolute Gasteiger partial charge is 0.444 e. The van der Waals surface area contributed by atoms with Crippen molar-refractivity contribution in [2.45, 2.75) is 66.2 Å². The lowest BCUT2D eigenvalue weighted by Gasteiger charge is -2.36. The van der Waals surface area contributed by atoms with Crippen molar-refractivity contribution >= 4 is 6.09 Å². The van der Waals surface area contributed by atoms with Gasteiger partial charge in [0.25, 0.3) is 0 Å². The van der Waals surface area contributed by atoms with Gasteiger partial charge < -0.3 is 15.0 Å². The van der Waals surface area contributed by atoms with Crippen LogP contribution in [0.2, 0.25) is 0 Å². The van der Waals surface area contributed by atoms with E-state index in [1.807, 2.05) is 41.5 Å². The molecule has 1 amide bonds. The van der Waals surface area contributed by atoms with Gasteiger partial charge in [-0.05, 0) is 54.0 Å². The van der Waals surface area contributed by atoms with Crippen molar-refractivity contribution in [3.63, 3.8) is 0 Å². The Kier molecular flexibility index (Phi) is 6.63. The summed E-state index contributed by atoms with van der Waals surface area (Å²) < 4.78 is 5.51. The summed E-state index contributed by atoms with van der Waals surface area (Å²) in [6.45, 7) is 16.0. The summed E-state index contributed by atoms with van der Waals surface area (Å²) in [5, 5.41) is 3.39. The number of nitrogens with zero attached hydrogens (tertiary/aromatic N) is 1. The van der Waals surface area contributed by atoms with E-state index in [9.17, 15) is 4.79 Å². The van der Waals surface area contributed by atoms with Gasteiger partial charge in [0, 0.05) is 25.2 Å². The highest BCUT2D eigenvalue weighted by Crippen LogP contribution is 2.18. The Morgan fingerprint density at radius 3 is 2.13 bits per heavy atom. The molecule has 4 heteroatoms. The molecule has 0 radical (unpaired) electrons. The molecule has 23 heavy (non-hydrogen) atoms. The number of nitrogens with one attached hydrogen (secondary N) is 1. The Labute approximate surface area is 141 Å². The van der Waals surface area contributed by atoms with E-state index in [2.05, 4.69) is 36.5 Å². The number of benzene rings is 1. The van der Waals surface area contributed by atoms with Crippen LogP contribution >= 0.6 is 0 Å². The summed E-state index contributed by atoms with van der Waals surface area (Å²) >= 11 is 0. The minimum Gasteiger partial charge on any atom is -0.444 e. The number of carbonyl (C=O) groups is 1. The van der Waals surface area contributed by atoms with Crippen molar-refractivity contribution in [1.82, 2.24) is 10.2 Å². The molecule has 0 aliphatic heterocycles. The van der Waals surface area contributed by atoms with E-state index in [0.29, 0.717) is 6.54 Å². The molecule has 0 aromatic heterocycles. The third-order valence-corrected chi connectivity index (χ3v) is 3.39. The first-order valence-electron chi connectivity index (χ1n) is 8.26. The monoisotopic (exact) mass is 320 g/mol. The van der Waals surface area contributed by atoms with Gasteiger partial charge >= 0.3 is 6.09 Å². The van der Waals surface area contributed by atoms with Crippen molar-refractivity contribution in [2.24, 2.45) is 0 Å². The molecule has 0 bridgehead atoms. The first kappa shape index (κ1) is 19.5. The molecule has 1 N–H and O–H groups in total. The highest BCUT2D eigenvalue weighted by molar-refractivity contribution is 5.69.